The largest absolute Gasteiger partial charge is 0.351 e. The average molecular weight is 1160 g/mol. The van der Waals surface area contributed by atoms with Gasteiger partial charge < -0.3 is 22.1 Å². The lowest BCUT2D eigenvalue weighted by Crippen LogP contribution is -2.50. The number of unbranched alkanes of at least 4 members (excludes halogenated alkanes) is 4. The number of piperidine rings is 2. The number of thioether (sulfide) groups is 1. The number of nitrogens with two attached hydrogens (primary N) is 2. The first-order valence-corrected chi connectivity index (χ1v) is 32.9. The van der Waals surface area contributed by atoms with Crippen LogP contribution in [0.25, 0.3) is 12.2 Å². The highest BCUT2D eigenvalue weighted by atomic mass is 32.2. The quantitative estimate of drug-likeness (QED) is 0.0773. The van der Waals surface area contributed by atoms with Crippen molar-refractivity contribution in [1.29, 1.82) is 0 Å². The Hall–Kier alpha value is -5.14. The normalized spacial score (nSPS) is 17.7. The Bertz CT molecular complexity index is 2930. The van der Waals surface area contributed by atoms with Crippen LogP contribution >= 0.6 is 11.8 Å². The molecule has 0 saturated carbocycles. The van der Waals surface area contributed by atoms with Gasteiger partial charge in [0, 0.05) is 81.1 Å². The van der Waals surface area contributed by atoms with E-state index >= 15 is 0 Å². The Kier molecular flexibility index (Phi) is 22.7. The van der Waals surface area contributed by atoms with Crippen molar-refractivity contribution in [2.24, 2.45) is 21.5 Å². The zero-order valence-corrected chi connectivity index (χ0v) is 50.0. The number of hydrogen-bond donors (Lipinski definition) is 4. The van der Waals surface area contributed by atoms with Crippen LogP contribution in [0, 0.1) is 27.7 Å². The summed E-state index contributed by atoms with van der Waals surface area (Å²) < 4.78 is 78.9. The highest BCUT2D eigenvalue weighted by molar-refractivity contribution is 7.99. The molecule has 2 aromatic rings. The number of anilines is 2. The number of carbonyl (C=O) groups is 4. The van der Waals surface area contributed by atoms with Crippen LogP contribution in [-0.2, 0) is 39.5 Å². The summed E-state index contributed by atoms with van der Waals surface area (Å²) in [6.45, 7) is 12.3. The molecular weight excluding hydrogens is 1080 g/mol. The predicted molar refractivity (Wildman–Crippen MR) is 315 cm³/mol. The van der Waals surface area contributed by atoms with Crippen LogP contribution in [0.1, 0.15) is 137 Å². The second kappa shape index (κ2) is 27.8. The van der Waals surface area contributed by atoms with Gasteiger partial charge in [0.15, 0.2) is 0 Å². The third-order valence-corrected chi connectivity index (χ3v) is 21.1. The monoisotopic (exact) mass is 1160 g/mol. The summed E-state index contributed by atoms with van der Waals surface area (Å²) in [4.78, 5) is 60.6. The maximum absolute atomic E-state index is 13.1. The number of rotatable bonds is 24. The summed E-state index contributed by atoms with van der Waals surface area (Å²) in [6.07, 6.45) is 12.9. The van der Waals surface area contributed by atoms with Crippen molar-refractivity contribution in [2.75, 3.05) is 73.1 Å². The molecule has 0 aliphatic carbocycles. The number of aryl methyl sites for hydroxylation is 4. The minimum absolute atomic E-state index is 0.106. The van der Waals surface area contributed by atoms with Crippen molar-refractivity contribution in [3.05, 3.63) is 68.5 Å². The second-order valence-corrected chi connectivity index (χ2v) is 27.9. The van der Waals surface area contributed by atoms with Crippen molar-refractivity contribution in [1.82, 2.24) is 19.2 Å². The zero-order valence-electron chi connectivity index (χ0n) is 46.7. The van der Waals surface area contributed by atoms with E-state index in [4.69, 9.17) is 16.5 Å². The Morgan fingerprint density at radius 2 is 0.987 bits per heavy atom. The van der Waals surface area contributed by atoms with E-state index in [1.54, 1.807) is 50.5 Å². The number of primary amides is 2. The van der Waals surface area contributed by atoms with Crippen molar-refractivity contribution < 1.29 is 44.4 Å². The standard InChI is InChI=1S/C27H41N5O6S2.C27H41N5O4S2/c1-5-15-39(35,36)16-8-6-7-9-24-29-25(33)27(30-24)11-13-32(14-12-27)40(37,38)17-10-23-20(2)18-22(19-21(23)3)31(4)26(28)34;1-5-15-37-16-8-6-7-9-24-29-25(33)27(30-24)11-13-32(14-12-27)38(35,36)17-10-23-20(2)18-22(19-21(23)3)31(4)26(28)34/h10,17-19H,5-9,11-16H2,1-4H3,(H2,28,34)(H,29,30,33);10,17-19H,5-9,11-16H2,1-4H3,(H2,28,34)(H,29,30,33)/b2*17-10+. The maximum atomic E-state index is 13.1. The van der Waals surface area contributed by atoms with E-state index in [0.717, 1.165) is 71.3 Å². The third-order valence-electron chi connectivity index (χ3n) is 14.7. The van der Waals surface area contributed by atoms with E-state index < -0.39 is 53.0 Å². The van der Waals surface area contributed by atoms with Crippen molar-refractivity contribution in [3.8, 4) is 0 Å². The average Bonchev–Trinajstić information content (AvgIpc) is 3.86. The first-order chi connectivity index (χ1) is 36.7. The summed E-state index contributed by atoms with van der Waals surface area (Å²) >= 11 is 1.99. The number of hydrogen-bond acceptors (Lipinski definition) is 13. The number of benzene rings is 2. The molecule has 6 amide bonds. The van der Waals surface area contributed by atoms with Gasteiger partial charge in [-0.15, -0.1) is 0 Å². The zero-order chi connectivity index (χ0) is 57.6. The summed E-state index contributed by atoms with van der Waals surface area (Å²) in [7, 11) is -7.23. The van der Waals surface area contributed by atoms with Gasteiger partial charge in [-0.3, -0.25) is 29.4 Å². The number of amides is 6. The van der Waals surface area contributed by atoms with E-state index in [2.05, 4.69) is 22.5 Å². The van der Waals surface area contributed by atoms with Gasteiger partial charge in [0.25, 0.3) is 11.8 Å². The molecule has 2 aromatic carbocycles. The van der Waals surface area contributed by atoms with Crippen molar-refractivity contribution in [2.45, 2.75) is 143 Å². The molecule has 4 aliphatic heterocycles. The van der Waals surface area contributed by atoms with E-state index in [1.165, 1.54) is 53.6 Å². The third kappa shape index (κ3) is 16.9. The second-order valence-electron chi connectivity index (χ2n) is 20.7. The van der Waals surface area contributed by atoms with Crippen LogP contribution in [-0.4, -0.2) is 144 Å². The molecule has 0 radical (unpaired) electrons. The summed E-state index contributed by atoms with van der Waals surface area (Å²) in [5.41, 5.74) is 15.0. The van der Waals surface area contributed by atoms with Gasteiger partial charge in [0.1, 0.15) is 32.6 Å². The number of carbonyl (C=O) groups excluding carboxylic acids is 4. The highest BCUT2D eigenvalue weighted by Crippen LogP contribution is 2.35. The molecule has 4 aliphatic rings. The van der Waals surface area contributed by atoms with Crippen LogP contribution in [0.5, 0.6) is 0 Å². The smallest absolute Gasteiger partial charge is 0.318 e. The molecule has 2 fully saturated rings. The highest BCUT2D eigenvalue weighted by Gasteiger charge is 2.48. The Labute approximate surface area is 467 Å². The van der Waals surface area contributed by atoms with E-state index in [9.17, 15) is 44.4 Å². The van der Waals surface area contributed by atoms with Gasteiger partial charge in [0.2, 0.25) is 20.0 Å². The van der Waals surface area contributed by atoms with Gasteiger partial charge in [-0.2, -0.15) is 20.4 Å². The van der Waals surface area contributed by atoms with E-state index in [1.807, 2.05) is 46.4 Å². The molecule has 0 bridgehead atoms. The molecule has 4 heterocycles. The number of aliphatic imine (C=N–C) groups is 2. The minimum Gasteiger partial charge on any atom is -0.351 e. The van der Waals surface area contributed by atoms with Crippen molar-refractivity contribution >= 4 is 101 Å². The van der Waals surface area contributed by atoms with Gasteiger partial charge in [-0.05, 0) is 173 Å². The molecule has 0 aromatic heterocycles. The molecule has 6 rings (SSSR count). The van der Waals surface area contributed by atoms with Crippen LogP contribution < -0.4 is 31.9 Å². The lowest BCUT2D eigenvalue weighted by Gasteiger charge is -2.34. The van der Waals surface area contributed by atoms with Crippen molar-refractivity contribution in [3.63, 3.8) is 0 Å². The number of sulfonamides is 2. The van der Waals surface area contributed by atoms with E-state index in [-0.39, 0.29) is 62.3 Å². The molecule has 0 atom stereocenters. The fraction of sp³-hybridized carbons (Fsp3) is 0.593. The predicted octanol–water partition coefficient (Wildman–Crippen LogP) is 7.05. The molecule has 432 valence electrons. The number of amidine groups is 2. The molecular formula is C54H82N10O10S4. The van der Waals surface area contributed by atoms with Gasteiger partial charge in [-0.1, -0.05) is 26.7 Å². The number of sulfone groups is 1. The Morgan fingerprint density at radius 1 is 0.603 bits per heavy atom. The summed E-state index contributed by atoms with van der Waals surface area (Å²) in [5, 5.41) is 8.21. The summed E-state index contributed by atoms with van der Waals surface area (Å²) in [5.74, 6) is 3.79. The SMILES string of the molecule is CCCS(=O)(=O)CCCCCC1=NC2(CCN(S(=O)(=O)/C=C/c3c(C)cc(N(C)C(N)=O)cc3C)CC2)C(=O)N1.CCCSCCCCCC1=NC2(CCN(S(=O)(=O)/C=C/c3c(C)cc(N(C)C(N)=O)cc3C)CC2)C(=O)N1. The molecule has 20 nitrogen and oxygen atoms in total. The number of urea groups is 2. The number of nitrogens with zero attached hydrogens (tertiary/aromatic N) is 6. The fourth-order valence-electron chi connectivity index (χ4n) is 9.98. The van der Waals surface area contributed by atoms with Crippen LogP contribution in [0.2, 0.25) is 0 Å². The molecule has 6 N–H and O–H groups in total. The minimum atomic E-state index is -3.73. The van der Waals surface area contributed by atoms with Gasteiger partial charge >= 0.3 is 12.1 Å². The summed E-state index contributed by atoms with van der Waals surface area (Å²) in [6, 6.07) is 6.00. The Morgan fingerprint density at radius 3 is 1.35 bits per heavy atom. The Balaban J connectivity index is 0.000000288. The van der Waals surface area contributed by atoms with Crippen LogP contribution in [0.3, 0.4) is 0 Å². The van der Waals surface area contributed by atoms with E-state index in [0.29, 0.717) is 49.3 Å². The van der Waals surface area contributed by atoms with Crippen LogP contribution in [0.4, 0.5) is 21.0 Å². The lowest BCUT2D eigenvalue weighted by molar-refractivity contribution is -0.125. The lowest BCUT2D eigenvalue weighted by atomic mass is 9.89. The number of nitrogens with one attached hydrogen (secondary N) is 2. The fourth-order valence-corrected chi connectivity index (χ4v) is 14.7. The molecule has 24 heteroatoms. The van der Waals surface area contributed by atoms with Gasteiger partial charge in [-0.25, -0.2) is 34.8 Å². The molecule has 2 spiro atoms. The first kappa shape index (κ1) is 63.7. The first-order valence-electron chi connectivity index (χ1n) is 26.9. The topological polar surface area (TPSA) is 284 Å². The molecule has 78 heavy (non-hydrogen) atoms. The van der Waals surface area contributed by atoms with Gasteiger partial charge in [0.05, 0.1) is 5.75 Å². The molecule has 0 unspecified atom stereocenters. The van der Waals surface area contributed by atoms with Crippen LogP contribution in [0.15, 0.2) is 45.1 Å². The maximum Gasteiger partial charge on any atom is 0.318 e. The molecule has 2 saturated heterocycles.